The summed E-state index contributed by atoms with van der Waals surface area (Å²) in [6.07, 6.45) is 3.01. The third kappa shape index (κ3) is 2.04. The van der Waals surface area contributed by atoms with Crippen molar-refractivity contribution in [1.82, 2.24) is 9.97 Å². The summed E-state index contributed by atoms with van der Waals surface area (Å²) in [6, 6.07) is 7.72. The Morgan fingerprint density at radius 3 is 3.04 bits per heavy atom. The SMILES string of the molecule is COC(=O)C12CCCC1CN(c1nc(N)c3ccccc3n1)C2. The molecule has 2 fully saturated rings. The number of fused-ring (bicyclic) bond motifs is 2. The topological polar surface area (TPSA) is 81.3 Å². The first-order valence-corrected chi connectivity index (χ1v) is 8.00. The molecule has 1 aromatic heterocycles. The number of nitrogen functional groups attached to an aromatic ring is 1. The molecule has 6 nitrogen and oxygen atoms in total. The summed E-state index contributed by atoms with van der Waals surface area (Å²) in [4.78, 5) is 23.6. The van der Waals surface area contributed by atoms with Crippen LogP contribution in [0.15, 0.2) is 24.3 Å². The van der Waals surface area contributed by atoms with E-state index in [0.717, 1.165) is 36.7 Å². The number of hydrogen-bond acceptors (Lipinski definition) is 6. The number of anilines is 2. The smallest absolute Gasteiger partial charge is 0.313 e. The first kappa shape index (κ1) is 14.2. The second-order valence-electron chi connectivity index (χ2n) is 6.54. The fourth-order valence-corrected chi connectivity index (χ4v) is 4.21. The van der Waals surface area contributed by atoms with Gasteiger partial charge >= 0.3 is 5.97 Å². The lowest BCUT2D eigenvalue weighted by molar-refractivity contribution is -0.152. The van der Waals surface area contributed by atoms with Crippen molar-refractivity contribution in [2.45, 2.75) is 19.3 Å². The molecule has 6 heteroatoms. The van der Waals surface area contributed by atoms with Gasteiger partial charge in [0, 0.05) is 18.5 Å². The molecule has 4 rings (SSSR count). The highest BCUT2D eigenvalue weighted by molar-refractivity contribution is 5.89. The predicted molar refractivity (Wildman–Crippen MR) is 88.0 cm³/mol. The largest absolute Gasteiger partial charge is 0.469 e. The minimum atomic E-state index is -0.404. The molecule has 2 aromatic rings. The van der Waals surface area contributed by atoms with Gasteiger partial charge in [-0.2, -0.15) is 4.98 Å². The van der Waals surface area contributed by atoms with Crippen LogP contribution in [0.2, 0.25) is 0 Å². The summed E-state index contributed by atoms with van der Waals surface area (Å²) >= 11 is 0. The molecule has 120 valence electrons. The van der Waals surface area contributed by atoms with E-state index >= 15 is 0 Å². The maximum absolute atomic E-state index is 12.4. The van der Waals surface area contributed by atoms with Crippen LogP contribution in [0.4, 0.5) is 11.8 Å². The number of methoxy groups -OCH3 is 1. The number of benzene rings is 1. The van der Waals surface area contributed by atoms with E-state index in [4.69, 9.17) is 10.5 Å². The highest BCUT2D eigenvalue weighted by Gasteiger charge is 2.56. The van der Waals surface area contributed by atoms with Gasteiger partial charge in [-0.25, -0.2) is 4.98 Å². The van der Waals surface area contributed by atoms with Crippen LogP contribution in [0.3, 0.4) is 0 Å². The van der Waals surface area contributed by atoms with Crippen LogP contribution in [-0.4, -0.2) is 36.1 Å². The van der Waals surface area contributed by atoms with E-state index in [1.165, 1.54) is 7.11 Å². The van der Waals surface area contributed by atoms with Gasteiger partial charge in [0.1, 0.15) is 5.82 Å². The van der Waals surface area contributed by atoms with E-state index < -0.39 is 5.41 Å². The van der Waals surface area contributed by atoms with E-state index in [-0.39, 0.29) is 5.97 Å². The number of carbonyl (C=O) groups excluding carboxylic acids is 1. The van der Waals surface area contributed by atoms with Crippen LogP contribution in [0, 0.1) is 11.3 Å². The van der Waals surface area contributed by atoms with Crippen molar-refractivity contribution in [3.05, 3.63) is 24.3 Å². The molecule has 2 unspecified atom stereocenters. The van der Waals surface area contributed by atoms with Gasteiger partial charge < -0.3 is 15.4 Å². The summed E-state index contributed by atoms with van der Waals surface area (Å²) in [5.41, 5.74) is 6.52. The quantitative estimate of drug-likeness (QED) is 0.854. The normalized spacial score (nSPS) is 26.5. The van der Waals surface area contributed by atoms with Gasteiger partial charge in [-0.1, -0.05) is 18.6 Å². The average Bonchev–Trinajstić information content (AvgIpc) is 3.12. The highest BCUT2D eigenvalue weighted by Crippen LogP contribution is 2.50. The number of ether oxygens (including phenoxy) is 1. The molecule has 2 N–H and O–H groups in total. The van der Waals surface area contributed by atoms with Gasteiger partial charge in [-0.15, -0.1) is 0 Å². The van der Waals surface area contributed by atoms with Crippen molar-refractivity contribution in [3.8, 4) is 0 Å². The van der Waals surface area contributed by atoms with Crippen LogP contribution in [0.25, 0.3) is 10.9 Å². The van der Waals surface area contributed by atoms with Crippen molar-refractivity contribution in [2.75, 3.05) is 30.8 Å². The molecule has 1 aliphatic heterocycles. The summed E-state index contributed by atoms with van der Waals surface area (Å²) in [5, 5.41) is 0.860. The van der Waals surface area contributed by atoms with Crippen molar-refractivity contribution < 1.29 is 9.53 Å². The summed E-state index contributed by atoms with van der Waals surface area (Å²) in [6.45, 7) is 1.40. The monoisotopic (exact) mass is 312 g/mol. The van der Waals surface area contributed by atoms with Crippen LogP contribution >= 0.6 is 0 Å². The molecule has 1 aliphatic carbocycles. The minimum Gasteiger partial charge on any atom is -0.469 e. The van der Waals surface area contributed by atoms with Gasteiger partial charge in [-0.05, 0) is 30.9 Å². The zero-order valence-electron chi connectivity index (χ0n) is 13.2. The molecule has 0 bridgehead atoms. The number of aromatic nitrogens is 2. The number of rotatable bonds is 2. The number of hydrogen-bond donors (Lipinski definition) is 1. The fraction of sp³-hybridized carbons (Fsp3) is 0.471. The van der Waals surface area contributed by atoms with Crippen molar-refractivity contribution in [1.29, 1.82) is 0 Å². The number of nitrogens with zero attached hydrogens (tertiary/aromatic N) is 3. The van der Waals surface area contributed by atoms with Gasteiger partial charge in [0.15, 0.2) is 0 Å². The van der Waals surface area contributed by atoms with Crippen LogP contribution in [-0.2, 0) is 9.53 Å². The lowest BCUT2D eigenvalue weighted by Crippen LogP contribution is -2.37. The van der Waals surface area contributed by atoms with E-state index in [1.54, 1.807) is 0 Å². The summed E-state index contributed by atoms with van der Waals surface area (Å²) in [5.74, 6) is 1.30. The zero-order valence-corrected chi connectivity index (χ0v) is 13.2. The zero-order chi connectivity index (χ0) is 16.0. The standard InChI is InChI=1S/C17H20N4O2/c1-23-15(22)17-8-4-5-11(17)9-21(10-17)16-19-13-7-3-2-6-12(13)14(18)20-16/h2-3,6-7,11H,4-5,8-10H2,1H3,(H2,18,19,20). The molecular weight excluding hydrogens is 292 g/mol. The van der Waals surface area contributed by atoms with Gasteiger partial charge in [0.25, 0.3) is 0 Å². The van der Waals surface area contributed by atoms with Crippen LogP contribution in [0.5, 0.6) is 0 Å². The first-order chi connectivity index (χ1) is 11.1. The first-order valence-electron chi connectivity index (χ1n) is 8.00. The lowest BCUT2D eigenvalue weighted by atomic mass is 9.81. The van der Waals surface area contributed by atoms with Crippen molar-refractivity contribution in [2.24, 2.45) is 11.3 Å². The van der Waals surface area contributed by atoms with Gasteiger partial charge in [0.05, 0.1) is 18.0 Å². The lowest BCUT2D eigenvalue weighted by Gasteiger charge is -2.25. The number of para-hydroxylation sites is 1. The Bertz CT molecular complexity index is 778. The van der Waals surface area contributed by atoms with E-state index in [1.807, 2.05) is 24.3 Å². The third-order valence-electron chi connectivity index (χ3n) is 5.37. The maximum atomic E-state index is 12.4. The number of nitrogens with two attached hydrogens (primary N) is 1. The molecule has 0 spiro atoms. The molecule has 1 saturated heterocycles. The fourth-order valence-electron chi connectivity index (χ4n) is 4.21. The Hall–Kier alpha value is -2.37. The molecule has 2 aliphatic rings. The molecule has 2 heterocycles. The maximum Gasteiger partial charge on any atom is 0.313 e. The number of esters is 1. The highest BCUT2D eigenvalue weighted by atomic mass is 16.5. The van der Waals surface area contributed by atoms with Gasteiger partial charge in [0.2, 0.25) is 5.95 Å². The van der Waals surface area contributed by atoms with E-state index in [9.17, 15) is 4.79 Å². The molecule has 23 heavy (non-hydrogen) atoms. The minimum absolute atomic E-state index is 0.101. The van der Waals surface area contributed by atoms with Crippen LogP contribution in [0.1, 0.15) is 19.3 Å². The molecular formula is C17H20N4O2. The van der Waals surface area contributed by atoms with Crippen molar-refractivity contribution >= 4 is 28.6 Å². The molecule has 2 atom stereocenters. The summed E-state index contributed by atoms with van der Waals surface area (Å²) in [7, 11) is 1.47. The van der Waals surface area contributed by atoms with Crippen molar-refractivity contribution in [3.63, 3.8) is 0 Å². The Morgan fingerprint density at radius 1 is 1.39 bits per heavy atom. The molecule has 1 aromatic carbocycles. The Balaban J connectivity index is 1.71. The van der Waals surface area contributed by atoms with E-state index in [2.05, 4.69) is 14.9 Å². The average molecular weight is 312 g/mol. The Labute approximate surface area is 134 Å². The number of carbonyl (C=O) groups is 1. The molecule has 0 radical (unpaired) electrons. The Kier molecular flexibility index (Phi) is 3.14. The van der Waals surface area contributed by atoms with E-state index in [0.29, 0.717) is 24.2 Å². The molecule has 1 saturated carbocycles. The van der Waals surface area contributed by atoms with Gasteiger partial charge in [-0.3, -0.25) is 4.79 Å². The van der Waals surface area contributed by atoms with Crippen LogP contribution < -0.4 is 10.6 Å². The molecule has 0 amide bonds. The second-order valence-corrected chi connectivity index (χ2v) is 6.54. The Morgan fingerprint density at radius 2 is 2.22 bits per heavy atom. The predicted octanol–water partition coefficient (Wildman–Crippen LogP) is 1.99. The second kappa shape index (κ2) is 5.08. The third-order valence-corrected chi connectivity index (χ3v) is 5.37. The summed E-state index contributed by atoms with van der Waals surface area (Å²) < 4.78 is 5.09.